The van der Waals surface area contributed by atoms with Crippen molar-refractivity contribution in [2.45, 2.75) is 33.2 Å². The Bertz CT molecular complexity index is 83.6. The van der Waals surface area contributed by atoms with Gasteiger partial charge in [-0.25, -0.2) is 0 Å². The van der Waals surface area contributed by atoms with Crippen molar-refractivity contribution in [3.8, 4) is 0 Å². The van der Waals surface area contributed by atoms with E-state index in [1.165, 1.54) is 6.42 Å². The van der Waals surface area contributed by atoms with Crippen molar-refractivity contribution >= 4 is 0 Å². The zero-order valence-electron chi connectivity index (χ0n) is 8.30. The van der Waals surface area contributed by atoms with E-state index >= 15 is 0 Å². The molecule has 2 heteroatoms. The monoisotopic (exact) mass is 158 g/mol. The summed E-state index contributed by atoms with van der Waals surface area (Å²) < 4.78 is 0. The molecule has 0 aliphatic rings. The van der Waals surface area contributed by atoms with Crippen LogP contribution in [-0.2, 0) is 0 Å². The normalized spacial score (nSPS) is 16.9. The maximum atomic E-state index is 5.68. The predicted molar refractivity (Wildman–Crippen MR) is 50.6 cm³/mol. The molecule has 68 valence electrons. The minimum Gasteiger partial charge on any atom is -0.329 e. The van der Waals surface area contributed by atoms with Crippen LogP contribution in [0.3, 0.4) is 0 Å². The zero-order valence-corrected chi connectivity index (χ0v) is 8.30. The summed E-state index contributed by atoms with van der Waals surface area (Å²) in [5.41, 5.74) is 5.68. The van der Waals surface area contributed by atoms with Crippen molar-refractivity contribution in [1.29, 1.82) is 0 Å². The third-order valence-corrected chi connectivity index (χ3v) is 2.61. The zero-order chi connectivity index (χ0) is 8.85. The van der Waals surface area contributed by atoms with Gasteiger partial charge in [0.1, 0.15) is 0 Å². The van der Waals surface area contributed by atoms with Gasteiger partial charge >= 0.3 is 0 Å². The van der Waals surface area contributed by atoms with E-state index in [1.54, 1.807) is 0 Å². The van der Waals surface area contributed by atoms with Crippen molar-refractivity contribution in [3.05, 3.63) is 0 Å². The van der Waals surface area contributed by atoms with Crippen LogP contribution in [0, 0.1) is 5.92 Å². The minimum atomic E-state index is 0.560. The molecule has 0 rings (SSSR count). The highest BCUT2D eigenvalue weighted by molar-refractivity contribution is 4.73. The number of nitrogens with zero attached hydrogens (tertiary/aromatic N) is 1. The lowest BCUT2D eigenvalue weighted by atomic mass is 9.98. The molecule has 0 aliphatic heterocycles. The molecule has 2 nitrogen and oxygen atoms in total. The van der Waals surface area contributed by atoms with Gasteiger partial charge in [0.05, 0.1) is 0 Å². The molecule has 0 saturated carbocycles. The number of hydrogen-bond acceptors (Lipinski definition) is 2. The van der Waals surface area contributed by atoms with Crippen LogP contribution in [0.1, 0.15) is 27.2 Å². The molecule has 0 amide bonds. The van der Waals surface area contributed by atoms with Gasteiger partial charge in [-0.3, -0.25) is 0 Å². The second-order valence-corrected chi connectivity index (χ2v) is 3.26. The van der Waals surface area contributed by atoms with Crippen LogP contribution in [0.2, 0.25) is 0 Å². The van der Waals surface area contributed by atoms with Crippen LogP contribution in [0.5, 0.6) is 0 Å². The Morgan fingerprint density at radius 2 is 1.91 bits per heavy atom. The molecule has 0 aliphatic carbocycles. The first-order chi connectivity index (χ1) is 5.17. The summed E-state index contributed by atoms with van der Waals surface area (Å²) in [7, 11) is 2.14. The molecule has 0 radical (unpaired) electrons. The van der Waals surface area contributed by atoms with Crippen molar-refractivity contribution in [3.63, 3.8) is 0 Å². The molecule has 0 aromatic heterocycles. The largest absolute Gasteiger partial charge is 0.329 e. The Labute approximate surface area is 70.8 Å². The summed E-state index contributed by atoms with van der Waals surface area (Å²) in [6, 6.07) is 0.560. The Balaban J connectivity index is 3.92. The van der Waals surface area contributed by atoms with Gasteiger partial charge in [-0.2, -0.15) is 0 Å². The average Bonchev–Trinajstić information content (AvgIpc) is 2.05. The topological polar surface area (TPSA) is 29.3 Å². The van der Waals surface area contributed by atoms with Crippen LogP contribution < -0.4 is 5.73 Å². The summed E-state index contributed by atoms with van der Waals surface area (Å²) in [5, 5.41) is 0. The van der Waals surface area contributed by atoms with E-state index in [0.29, 0.717) is 12.0 Å². The molecule has 0 heterocycles. The lowest BCUT2D eigenvalue weighted by Crippen LogP contribution is -2.42. The molecular formula is C9H22N2. The van der Waals surface area contributed by atoms with Gasteiger partial charge in [0, 0.05) is 12.6 Å². The molecule has 0 spiro atoms. The average molecular weight is 158 g/mol. The molecule has 2 atom stereocenters. The van der Waals surface area contributed by atoms with Gasteiger partial charge in [-0.15, -0.1) is 0 Å². The van der Waals surface area contributed by atoms with Crippen LogP contribution in [0.15, 0.2) is 0 Å². The van der Waals surface area contributed by atoms with Gasteiger partial charge < -0.3 is 10.6 Å². The molecule has 2 unspecified atom stereocenters. The summed E-state index contributed by atoms with van der Waals surface area (Å²) in [6.07, 6.45) is 1.21. The van der Waals surface area contributed by atoms with E-state index < -0.39 is 0 Å². The molecule has 2 N–H and O–H groups in total. The standard InChI is InChI=1S/C9H22N2/c1-5-8(3)9(7-10)11(4)6-2/h8-9H,5-7,10H2,1-4H3. The fourth-order valence-corrected chi connectivity index (χ4v) is 1.35. The van der Waals surface area contributed by atoms with E-state index in [9.17, 15) is 0 Å². The Morgan fingerprint density at radius 3 is 2.18 bits per heavy atom. The Kier molecular flexibility index (Phi) is 5.51. The molecule has 0 saturated heterocycles. The highest BCUT2D eigenvalue weighted by Gasteiger charge is 2.16. The van der Waals surface area contributed by atoms with Crippen molar-refractivity contribution < 1.29 is 0 Å². The minimum absolute atomic E-state index is 0.560. The van der Waals surface area contributed by atoms with Crippen molar-refractivity contribution in [1.82, 2.24) is 4.90 Å². The van der Waals surface area contributed by atoms with Gasteiger partial charge in [0.25, 0.3) is 0 Å². The van der Waals surface area contributed by atoms with Gasteiger partial charge in [-0.05, 0) is 19.5 Å². The van der Waals surface area contributed by atoms with E-state index in [2.05, 4.69) is 32.7 Å². The first-order valence-corrected chi connectivity index (χ1v) is 4.57. The number of hydrogen-bond donors (Lipinski definition) is 1. The third-order valence-electron chi connectivity index (χ3n) is 2.61. The van der Waals surface area contributed by atoms with Crippen LogP contribution >= 0.6 is 0 Å². The molecule has 0 aromatic carbocycles. The van der Waals surface area contributed by atoms with Crippen molar-refractivity contribution in [2.24, 2.45) is 11.7 Å². The maximum Gasteiger partial charge on any atom is 0.0240 e. The van der Waals surface area contributed by atoms with Crippen molar-refractivity contribution in [2.75, 3.05) is 20.1 Å². The molecule has 0 fully saturated rings. The first-order valence-electron chi connectivity index (χ1n) is 4.57. The summed E-state index contributed by atoms with van der Waals surface area (Å²) in [6.45, 7) is 8.52. The summed E-state index contributed by atoms with van der Waals surface area (Å²) >= 11 is 0. The second-order valence-electron chi connectivity index (χ2n) is 3.26. The highest BCUT2D eigenvalue weighted by atomic mass is 15.1. The fraction of sp³-hybridized carbons (Fsp3) is 1.00. The fourth-order valence-electron chi connectivity index (χ4n) is 1.35. The first kappa shape index (κ1) is 10.9. The molecular weight excluding hydrogens is 136 g/mol. The van der Waals surface area contributed by atoms with Crippen LogP contribution in [-0.4, -0.2) is 31.1 Å². The highest BCUT2D eigenvalue weighted by Crippen LogP contribution is 2.11. The Morgan fingerprint density at radius 1 is 1.36 bits per heavy atom. The lowest BCUT2D eigenvalue weighted by Gasteiger charge is -2.30. The second kappa shape index (κ2) is 5.56. The van der Waals surface area contributed by atoms with Gasteiger partial charge in [0.15, 0.2) is 0 Å². The van der Waals surface area contributed by atoms with E-state index in [0.717, 1.165) is 13.1 Å². The maximum absolute atomic E-state index is 5.68. The lowest BCUT2D eigenvalue weighted by molar-refractivity contribution is 0.194. The summed E-state index contributed by atoms with van der Waals surface area (Å²) in [5.74, 6) is 0.713. The van der Waals surface area contributed by atoms with Crippen LogP contribution in [0.4, 0.5) is 0 Å². The summed E-state index contributed by atoms with van der Waals surface area (Å²) in [4.78, 5) is 2.33. The van der Waals surface area contributed by atoms with Crippen LogP contribution in [0.25, 0.3) is 0 Å². The number of nitrogens with two attached hydrogens (primary N) is 1. The molecule has 0 aromatic rings. The number of likely N-dealkylation sites (N-methyl/N-ethyl adjacent to an activating group) is 1. The third kappa shape index (κ3) is 3.21. The van der Waals surface area contributed by atoms with Gasteiger partial charge in [0.2, 0.25) is 0 Å². The SMILES string of the molecule is CCC(C)C(CN)N(C)CC. The molecule has 0 bridgehead atoms. The van der Waals surface area contributed by atoms with E-state index in [-0.39, 0.29) is 0 Å². The Hall–Kier alpha value is -0.0800. The van der Waals surface area contributed by atoms with E-state index in [1.807, 2.05) is 0 Å². The van der Waals surface area contributed by atoms with Gasteiger partial charge in [-0.1, -0.05) is 27.2 Å². The smallest absolute Gasteiger partial charge is 0.0240 e. The quantitative estimate of drug-likeness (QED) is 0.653. The molecule has 11 heavy (non-hydrogen) atoms. The predicted octanol–water partition coefficient (Wildman–Crippen LogP) is 1.31. The number of rotatable bonds is 5. The van der Waals surface area contributed by atoms with E-state index in [4.69, 9.17) is 5.73 Å².